The Morgan fingerprint density at radius 1 is 1.31 bits per heavy atom. The van der Waals surface area contributed by atoms with Crippen molar-refractivity contribution in [2.24, 2.45) is 0 Å². The first-order valence-corrected chi connectivity index (χ1v) is 5.52. The van der Waals surface area contributed by atoms with Gasteiger partial charge in [-0.15, -0.1) is 0 Å². The molecule has 1 aliphatic rings. The van der Waals surface area contributed by atoms with Crippen molar-refractivity contribution in [1.29, 1.82) is 0 Å². The fourth-order valence-corrected chi connectivity index (χ4v) is 2.28. The molecule has 0 atom stereocenters. The second-order valence-electron chi connectivity index (χ2n) is 4.09. The zero-order valence-corrected chi connectivity index (χ0v) is 8.97. The Balaban J connectivity index is 2.06. The van der Waals surface area contributed by atoms with Crippen LogP contribution in [0.5, 0.6) is 0 Å². The quantitative estimate of drug-likeness (QED) is 0.781. The molecule has 0 amide bonds. The summed E-state index contributed by atoms with van der Waals surface area (Å²) in [6.07, 6.45) is 3.61. The number of nitrogen functional groups attached to an aromatic ring is 1. The van der Waals surface area contributed by atoms with Crippen LogP contribution in [0.25, 0.3) is 5.52 Å². The molecule has 0 unspecified atom stereocenters. The lowest BCUT2D eigenvalue weighted by molar-refractivity contribution is 0.0841. The summed E-state index contributed by atoms with van der Waals surface area (Å²) < 4.78 is 7.27. The van der Waals surface area contributed by atoms with Gasteiger partial charge < -0.3 is 10.5 Å². The molecule has 1 saturated heterocycles. The molecule has 16 heavy (non-hydrogen) atoms. The number of hydrogen-bond acceptors (Lipinski definition) is 4. The van der Waals surface area contributed by atoms with Gasteiger partial charge in [-0.2, -0.15) is 5.10 Å². The molecule has 0 saturated carbocycles. The summed E-state index contributed by atoms with van der Waals surface area (Å²) in [5.41, 5.74) is 7.91. The molecule has 5 nitrogen and oxygen atoms in total. The normalized spacial score (nSPS) is 18.0. The molecule has 2 aromatic heterocycles. The number of nitrogens with zero attached hydrogens (tertiary/aromatic N) is 3. The number of anilines is 1. The minimum atomic E-state index is 0.519. The molecule has 1 aliphatic heterocycles. The van der Waals surface area contributed by atoms with Crippen molar-refractivity contribution in [3.05, 3.63) is 24.2 Å². The summed E-state index contributed by atoms with van der Waals surface area (Å²) in [6.45, 7) is 1.66. The number of aromatic nitrogens is 3. The van der Waals surface area contributed by atoms with E-state index in [2.05, 4.69) is 16.1 Å². The third kappa shape index (κ3) is 1.44. The maximum atomic E-state index is 5.80. The first-order valence-electron chi connectivity index (χ1n) is 5.52. The van der Waals surface area contributed by atoms with Gasteiger partial charge in [-0.3, -0.25) is 0 Å². The van der Waals surface area contributed by atoms with Crippen LogP contribution in [0.15, 0.2) is 18.5 Å². The van der Waals surface area contributed by atoms with Crippen molar-refractivity contribution in [3.8, 4) is 0 Å². The largest absolute Gasteiger partial charge is 0.382 e. The summed E-state index contributed by atoms with van der Waals surface area (Å²) in [5, 5.41) is 4.26. The molecule has 3 heterocycles. The van der Waals surface area contributed by atoms with E-state index in [0.29, 0.717) is 11.7 Å². The van der Waals surface area contributed by atoms with Crippen LogP contribution < -0.4 is 5.73 Å². The molecule has 3 rings (SSSR count). The smallest absolute Gasteiger partial charge is 0.151 e. The lowest BCUT2D eigenvalue weighted by Gasteiger charge is -2.21. The Morgan fingerprint density at radius 2 is 2.12 bits per heavy atom. The second kappa shape index (κ2) is 3.75. The highest BCUT2D eigenvalue weighted by atomic mass is 16.5. The van der Waals surface area contributed by atoms with Crippen molar-refractivity contribution in [2.75, 3.05) is 18.9 Å². The van der Waals surface area contributed by atoms with E-state index in [1.165, 1.54) is 12.0 Å². The SMILES string of the molecule is Nc1ncnn2c(C3CCOCC3)ccc12. The van der Waals surface area contributed by atoms with E-state index in [9.17, 15) is 0 Å². The van der Waals surface area contributed by atoms with Gasteiger partial charge in [0.25, 0.3) is 0 Å². The van der Waals surface area contributed by atoms with Gasteiger partial charge in [0.05, 0.1) is 0 Å². The van der Waals surface area contributed by atoms with Gasteiger partial charge in [0.15, 0.2) is 5.82 Å². The van der Waals surface area contributed by atoms with Crippen LogP contribution in [0.3, 0.4) is 0 Å². The van der Waals surface area contributed by atoms with E-state index in [1.54, 1.807) is 0 Å². The van der Waals surface area contributed by atoms with Crippen molar-refractivity contribution in [3.63, 3.8) is 0 Å². The zero-order chi connectivity index (χ0) is 11.0. The predicted octanol–water partition coefficient (Wildman–Crippen LogP) is 1.21. The fraction of sp³-hybridized carbons (Fsp3) is 0.455. The van der Waals surface area contributed by atoms with Crippen LogP contribution in [0.4, 0.5) is 5.82 Å². The fourth-order valence-electron chi connectivity index (χ4n) is 2.28. The Kier molecular flexibility index (Phi) is 2.25. The molecule has 0 bridgehead atoms. The highest BCUT2D eigenvalue weighted by Crippen LogP contribution is 2.28. The third-order valence-electron chi connectivity index (χ3n) is 3.15. The van der Waals surface area contributed by atoms with Crippen molar-refractivity contribution in [2.45, 2.75) is 18.8 Å². The third-order valence-corrected chi connectivity index (χ3v) is 3.15. The summed E-state index contributed by atoms with van der Waals surface area (Å²) in [6, 6.07) is 4.08. The van der Waals surface area contributed by atoms with E-state index >= 15 is 0 Å². The minimum absolute atomic E-state index is 0.519. The Morgan fingerprint density at radius 3 is 2.94 bits per heavy atom. The molecule has 5 heteroatoms. The minimum Gasteiger partial charge on any atom is -0.382 e. The van der Waals surface area contributed by atoms with Crippen LogP contribution in [0.2, 0.25) is 0 Å². The highest BCUT2D eigenvalue weighted by Gasteiger charge is 2.19. The predicted molar refractivity (Wildman–Crippen MR) is 60.2 cm³/mol. The van der Waals surface area contributed by atoms with Gasteiger partial charge in [-0.25, -0.2) is 9.50 Å². The van der Waals surface area contributed by atoms with Gasteiger partial charge in [0, 0.05) is 24.8 Å². The topological polar surface area (TPSA) is 65.4 Å². The Hall–Kier alpha value is -1.62. The molecular weight excluding hydrogens is 204 g/mol. The number of fused-ring (bicyclic) bond motifs is 1. The van der Waals surface area contributed by atoms with E-state index < -0.39 is 0 Å². The molecule has 0 spiro atoms. The molecule has 2 aromatic rings. The van der Waals surface area contributed by atoms with Gasteiger partial charge in [0.1, 0.15) is 11.8 Å². The van der Waals surface area contributed by atoms with Gasteiger partial charge in [-0.1, -0.05) is 0 Å². The average Bonchev–Trinajstić information content (AvgIpc) is 2.75. The monoisotopic (exact) mass is 218 g/mol. The van der Waals surface area contributed by atoms with E-state index in [-0.39, 0.29) is 0 Å². The first kappa shape index (κ1) is 9.59. The number of ether oxygens (including phenoxy) is 1. The molecule has 0 aliphatic carbocycles. The number of nitrogens with two attached hydrogens (primary N) is 1. The van der Waals surface area contributed by atoms with Crippen LogP contribution in [0.1, 0.15) is 24.5 Å². The lowest BCUT2D eigenvalue weighted by atomic mass is 9.97. The van der Waals surface area contributed by atoms with Crippen LogP contribution in [-0.2, 0) is 4.74 Å². The summed E-state index contributed by atoms with van der Waals surface area (Å²) >= 11 is 0. The van der Waals surface area contributed by atoms with Crippen LogP contribution in [-0.4, -0.2) is 27.8 Å². The summed E-state index contributed by atoms with van der Waals surface area (Å²) in [4.78, 5) is 3.99. The van der Waals surface area contributed by atoms with Crippen LogP contribution in [0, 0.1) is 0 Å². The van der Waals surface area contributed by atoms with Crippen LogP contribution >= 0.6 is 0 Å². The van der Waals surface area contributed by atoms with Gasteiger partial charge in [-0.05, 0) is 25.0 Å². The summed E-state index contributed by atoms with van der Waals surface area (Å²) in [5.74, 6) is 1.05. The Bertz CT molecular complexity index is 502. The average molecular weight is 218 g/mol. The standard InChI is InChI=1S/C11H14N4O/c12-11-10-2-1-9(15(10)14-7-13-11)8-3-5-16-6-4-8/h1-2,7-8H,3-6H2,(H2,12,13,14). The van der Waals surface area contributed by atoms with E-state index in [0.717, 1.165) is 31.6 Å². The molecular formula is C11H14N4O. The van der Waals surface area contributed by atoms with Crippen molar-refractivity contribution >= 4 is 11.3 Å². The second-order valence-corrected chi connectivity index (χ2v) is 4.09. The summed E-state index contributed by atoms with van der Waals surface area (Å²) in [7, 11) is 0. The Labute approximate surface area is 93.2 Å². The molecule has 2 N–H and O–H groups in total. The van der Waals surface area contributed by atoms with Crippen molar-refractivity contribution in [1.82, 2.24) is 14.6 Å². The van der Waals surface area contributed by atoms with E-state index in [1.807, 2.05) is 10.6 Å². The highest BCUT2D eigenvalue weighted by molar-refractivity contribution is 5.65. The maximum absolute atomic E-state index is 5.80. The maximum Gasteiger partial charge on any atom is 0.151 e. The molecule has 0 radical (unpaired) electrons. The van der Waals surface area contributed by atoms with Crippen molar-refractivity contribution < 1.29 is 4.74 Å². The number of rotatable bonds is 1. The molecule has 84 valence electrons. The zero-order valence-electron chi connectivity index (χ0n) is 8.97. The molecule has 0 aromatic carbocycles. The lowest BCUT2D eigenvalue weighted by Crippen LogP contribution is -2.16. The number of hydrogen-bond donors (Lipinski definition) is 1. The van der Waals surface area contributed by atoms with Gasteiger partial charge in [0.2, 0.25) is 0 Å². The first-order chi connectivity index (χ1) is 7.86. The molecule has 1 fully saturated rings. The van der Waals surface area contributed by atoms with Gasteiger partial charge >= 0.3 is 0 Å². The van der Waals surface area contributed by atoms with E-state index in [4.69, 9.17) is 10.5 Å².